The zero-order chi connectivity index (χ0) is 20.6. The summed E-state index contributed by atoms with van der Waals surface area (Å²) in [6.07, 6.45) is 6.07. The molecule has 0 bridgehead atoms. The molecule has 0 amide bonds. The summed E-state index contributed by atoms with van der Waals surface area (Å²) >= 11 is 0. The van der Waals surface area contributed by atoms with Gasteiger partial charge in [-0.05, 0) is 63.0 Å². The molecule has 1 aliphatic rings. The first-order chi connectivity index (χ1) is 14.1. The van der Waals surface area contributed by atoms with Crippen LogP contribution in [-0.2, 0) is 0 Å². The Labute approximate surface area is 170 Å². The molecule has 0 unspecified atom stereocenters. The number of nitrogens with two attached hydrogens (primary N) is 1. The van der Waals surface area contributed by atoms with Crippen LogP contribution in [0.25, 0.3) is 11.1 Å². The number of hydrogen-bond acceptors (Lipinski definition) is 6. The Morgan fingerprint density at radius 3 is 2.38 bits per heavy atom. The van der Waals surface area contributed by atoms with E-state index in [9.17, 15) is 15.3 Å². The summed E-state index contributed by atoms with van der Waals surface area (Å²) in [5.74, 6) is 0.669. The quantitative estimate of drug-likeness (QED) is 0.700. The van der Waals surface area contributed by atoms with Crippen molar-refractivity contribution in [2.45, 2.75) is 32.1 Å². The molecule has 1 saturated heterocycles. The van der Waals surface area contributed by atoms with Crippen LogP contribution in [0.3, 0.4) is 0 Å². The fourth-order valence-corrected chi connectivity index (χ4v) is 3.66. The summed E-state index contributed by atoms with van der Waals surface area (Å²) in [6.45, 7) is 4.19. The standard InChI is InChI=1S/C22H25N5O2/c23-14-18-20(19(15-24)22(28)26-21(18)25)16-6-8-17(9-7-16)29-13-5-4-12-27-10-2-1-3-11-27/h6-9H,1-5,10-13H2,(H3,25,26,28). The number of anilines is 1. The summed E-state index contributed by atoms with van der Waals surface area (Å²) in [7, 11) is 0. The van der Waals surface area contributed by atoms with Crippen molar-refractivity contribution in [3.63, 3.8) is 0 Å². The fourth-order valence-electron chi connectivity index (χ4n) is 3.66. The van der Waals surface area contributed by atoms with Crippen molar-refractivity contribution >= 4 is 5.82 Å². The van der Waals surface area contributed by atoms with Crippen LogP contribution in [0, 0.1) is 22.7 Å². The number of nitrogens with one attached hydrogen (secondary N) is 1. The van der Waals surface area contributed by atoms with E-state index < -0.39 is 5.56 Å². The maximum Gasteiger partial charge on any atom is 0.268 e. The van der Waals surface area contributed by atoms with Gasteiger partial charge in [-0.1, -0.05) is 18.6 Å². The summed E-state index contributed by atoms with van der Waals surface area (Å²) in [5, 5.41) is 18.7. The van der Waals surface area contributed by atoms with Gasteiger partial charge >= 0.3 is 0 Å². The van der Waals surface area contributed by atoms with E-state index in [1.165, 1.54) is 32.4 Å². The van der Waals surface area contributed by atoms with Gasteiger partial charge in [0.15, 0.2) is 0 Å². The van der Waals surface area contributed by atoms with Gasteiger partial charge in [0.2, 0.25) is 0 Å². The monoisotopic (exact) mass is 391 g/mol. The molecule has 2 aromatic rings. The van der Waals surface area contributed by atoms with Gasteiger partial charge in [-0.2, -0.15) is 10.5 Å². The van der Waals surface area contributed by atoms with Crippen molar-refractivity contribution in [3.05, 3.63) is 45.7 Å². The number of pyridine rings is 1. The lowest BCUT2D eigenvalue weighted by atomic mass is 9.96. The van der Waals surface area contributed by atoms with Gasteiger partial charge in [0.25, 0.3) is 5.56 Å². The number of aromatic nitrogens is 1. The summed E-state index contributed by atoms with van der Waals surface area (Å²) in [6, 6.07) is 10.9. The zero-order valence-electron chi connectivity index (χ0n) is 16.4. The first-order valence-electron chi connectivity index (χ1n) is 9.95. The minimum atomic E-state index is -0.604. The highest BCUT2D eigenvalue weighted by atomic mass is 16.5. The largest absolute Gasteiger partial charge is 0.494 e. The van der Waals surface area contributed by atoms with Crippen LogP contribution in [0.5, 0.6) is 5.75 Å². The third kappa shape index (κ3) is 4.96. The molecule has 0 saturated carbocycles. The molecule has 7 nitrogen and oxygen atoms in total. The van der Waals surface area contributed by atoms with Crippen molar-refractivity contribution in [1.29, 1.82) is 10.5 Å². The van der Waals surface area contributed by atoms with Gasteiger partial charge in [-0.25, -0.2) is 0 Å². The second-order valence-electron chi connectivity index (χ2n) is 7.20. The van der Waals surface area contributed by atoms with Crippen LogP contribution in [0.4, 0.5) is 5.82 Å². The number of rotatable bonds is 7. The number of hydrogen-bond donors (Lipinski definition) is 2. The minimum absolute atomic E-state index is 0.0412. The van der Waals surface area contributed by atoms with Gasteiger partial charge in [-0.3, -0.25) is 4.79 Å². The number of nitrogens with zero attached hydrogens (tertiary/aromatic N) is 3. The highest BCUT2D eigenvalue weighted by Gasteiger charge is 2.18. The molecule has 29 heavy (non-hydrogen) atoms. The van der Waals surface area contributed by atoms with E-state index in [-0.39, 0.29) is 22.5 Å². The predicted molar refractivity (Wildman–Crippen MR) is 111 cm³/mol. The second-order valence-corrected chi connectivity index (χ2v) is 7.20. The van der Waals surface area contributed by atoms with E-state index in [2.05, 4.69) is 9.88 Å². The number of ether oxygens (including phenoxy) is 1. The van der Waals surface area contributed by atoms with Crippen LogP contribution in [0.15, 0.2) is 29.1 Å². The lowest BCUT2D eigenvalue weighted by Gasteiger charge is -2.26. The number of benzene rings is 1. The van der Waals surface area contributed by atoms with Gasteiger partial charge in [0.05, 0.1) is 6.61 Å². The number of likely N-dealkylation sites (tertiary alicyclic amines) is 1. The summed E-state index contributed by atoms with van der Waals surface area (Å²) in [5.41, 5.74) is 5.95. The summed E-state index contributed by atoms with van der Waals surface area (Å²) in [4.78, 5) is 16.9. The molecule has 7 heteroatoms. The first-order valence-corrected chi connectivity index (χ1v) is 9.95. The van der Waals surface area contributed by atoms with E-state index >= 15 is 0 Å². The van der Waals surface area contributed by atoms with E-state index in [1.54, 1.807) is 24.3 Å². The molecule has 1 aliphatic heterocycles. The van der Waals surface area contributed by atoms with Crippen LogP contribution < -0.4 is 16.0 Å². The average molecular weight is 391 g/mol. The molecular formula is C22H25N5O2. The number of aromatic amines is 1. The van der Waals surface area contributed by atoms with Crippen molar-refractivity contribution in [3.8, 4) is 29.0 Å². The lowest BCUT2D eigenvalue weighted by molar-refractivity contribution is 0.216. The third-order valence-corrected chi connectivity index (χ3v) is 5.20. The van der Waals surface area contributed by atoms with E-state index in [0.29, 0.717) is 17.9 Å². The number of nitrogen functional groups attached to an aromatic ring is 1. The van der Waals surface area contributed by atoms with Crippen molar-refractivity contribution in [2.24, 2.45) is 0 Å². The molecule has 2 heterocycles. The molecule has 0 aliphatic carbocycles. The molecule has 0 spiro atoms. The third-order valence-electron chi connectivity index (χ3n) is 5.20. The Morgan fingerprint density at radius 1 is 1.03 bits per heavy atom. The molecule has 3 rings (SSSR count). The highest BCUT2D eigenvalue weighted by Crippen LogP contribution is 2.29. The normalized spacial score (nSPS) is 14.1. The van der Waals surface area contributed by atoms with Gasteiger partial charge in [0, 0.05) is 5.56 Å². The molecule has 150 valence electrons. The Bertz CT molecular complexity index is 976. The average Bonchev–Trinajstić information content (AvgIpc) is 2.74. The van der Waals surface area contributed by atoms with Crippen LogP contribution in [-0.4, -0.2) is 36.1 Å². The summed E-state index contributed by atoms with van der Waals surface area (Å²) < 4.78 is 5.81. The SMILES string of the molecule is N#Cc1c(N)[nH]c(=O)c(C#N)c1-c1ccc(OCCCCN2CCCCC2)cc1. The molecule has 1 aromatic heterocycles. The molecule has 1 aromatic carbocycles. The van der Waals surface area contributed by atoms with E-state index in [0.717, 1.165) is 19.4 Å². The molecule has 0 radical (unpaired) electrons. The van der Waals surface area contributed by atoms with Crippen molar-refractivity contribution < 1.29 is 4.74 Å². The van der Waals surface area contributed by atoms with E-state index in [1.807, 2.05) is 12.1 Å². The molecule has 0 atom stereocenters. The smallest absolute Gasteiger partial charge is 0.268 e. The number of H-pyrrole nitrogens is 1. The maximum absolute atomic E-state index is 12.0. The number of unbranched alkanes of at least 4 members (excludes halogenated alkanes) is 1. The van der Waals surface area contributed by atoms with Crippen LogP contribution >= 0.6 is 0 Å². The Morgan fingerprint density at radius 2 is 1.72 bits per heavy atom. The number of nitriles is 2. The molecule has 3 N–H and O–H groups in total. The Balaban J connectivity index is 1.62. The van der Waals surface area contributed by atoms with Crippen LogP contribution in [0.2, 0.25) is 0 Å². The van der Waals surface area contributed by atoms with Crippen LogP contribution in [0.1, 0.15) is 43.2 Å². The van der Waals surface area contributed by atoms with Gasteiger partial charge in [0.1, 0.15) is 34.8 Å². The molecule has 1 fully saturated rings. The fraction of sp³-hybridized carbons (Fsp3) is 0.409. The second kappa shape index (κ2) is 9.77. The Hall–Kier alpha value is -3.29. The van der Waals surface area contributed by atoms with Crippen molar-refractivity contribution in [2.75, 3.05) is 32.0 Å². The molecular weight excluding hydrogens is 366 g/mol. The topological polar surface area (TPSA) is 119 Å². The first kappa shape index (κ1) is 20.4. The van der Waals surface area contributed by atoms with E-state index in [4.69, 9.17) is 10.5 Å². The predicted octanol–water partition coefficient (Wildman–Crippen LogP) is 3.01. The zero-order valence-corrected chi connectivity index (χ0v) is 16.4. The van der Waals surface area contributed by atoms with Gasteiger partial charge in [-0.15, -0.1) is 0 Å². The number of piperidine rings is 1. The van der Waals surface area contributed by atoms with Gasteiger partial charge < -0.3 is 20.4 Å². The minimum Gasteiger partial charge on any atom is -0.494 e. The maximum atomic E-state index is 12.0. The lowest BCUT2D eigenvalue weighted by Crippen LogP contribution is -2.30. The highest BCUT2D eigenvalue weighted by molar-refractivity contribution is 5.80. The Kier molecular flexibility index (Phi) is 6.89. The van der Waals surface area contributed by atoms with Crippen molar-refractivity contribution in [1.82, 2.24) is 9.88 Å².